The lowest BCUT2D eigenvalue weighted by Gasteiger charge is -2.19. The van der Waals surface area contributed by atoms with Crippen LogP contribution < -0.4 is 5.32 Å². The number of fused-ring (bicyclic) bond motifs is 1. The number of rotatable bonds is 5. The molecule has 0 aliphatic heterocycles. The van der Waals surface area contributed by atoms with Gasteiger partial charge in [0, 0.05) is 17.3 Å². The molecule has 108 valence electrons. The second kappa shape index (κ2) is 6.33. The molecular formula is C17H19N3S. The van der Waals surface area contributed by atoms with Gasteiger partial charge in [0.05, 0.1) is 17.1 Å². The molecule has 1 N–H and O–H groups in total. The Morgan fingerprint density at radius 1 is 1.14 bits per heavy atom. The molecule has 0 bridgehead atoms. The van der Waals surface area contributed by atoms with Crippen molar-refractivity contribution < 1.29 is 0 Å². The van der Waals surface area contributed by atoms with Crippen LogP contribution in [-0.2, 0) is 0 Å². The summed E-state index contributed by atoms with van der Waals surface area (Å²) in [5.74, 6) is 0. The topological polar surface area (TPSA) is 37.8 Å². The zero-order chi connectivity index (χ0) is 14.7. The fraction of sp³-hybridized carbons (Fsp3) is 0.294. The minimum atomic E-state index is 0.233. The van der Waals surface area contributed by atoms with E-state index >= 15 is 0 Å². The van der Waals surface area contributed by atoms with Crippen molar-refractivity contribution in [1.29, 1.82) is 0 Å². The number of nitrogens with zero attached hydrogens (tertiary/aromatic N) is 2. The summed E-state index contributed by atoms with van der Waals surface area (Å²) >= 11 is 1.81. The van der Waals surface area contributed by atoms with Gasteiger partial charge < -0.3 is 5.32 Å². The maximum atomic E-state index is 4.42. The highest BCUT2D eigenvalue weighted by Crippen LogP contribution is 2.30. The Balaban J connectivity index is 2.03. The maximum Gasteiger partial charge on any atom is 0.0890 e. The fourth-order valence-electron chi connectivity index (χ4n) is 2.49. The van der Waals surface area contributed by atoms with Gasteiger partial charge in [0.1, 0.15) is 0 Å². The third-order valence-corrected chi connectivity index (χ3v) is 4.67. The number of nitrogens with one attached hydrogen (secondary N) is 1. The van der Waals surface area contributed by atoms with Crippen molar-refractivity contribution in [3.8, 4) is 0 Å². The van der Waals surface area contributed by atoms with Gasteiger partial charge in [0.2, 0.25) is 0 Å². The molecule has 0 amide bonds. The summed E-state index contributed by atoms with van der Waals surface area (Å²) in [5.41, 5.74) is 4.49. The lowest BCUT2D eigenvalue weighted by atomic mass is 10.0. The van der Waals surface area contributed by atoms with Crippen LogP contribution in [0, 0.1) is 6.92 Å². The predicted octanol–water partition coefficient (Wildman–Crippen LogP) is 4.09. The predicted molar refractivity (Wildman–Crippen MR) is 88.7 cm³/mol. The second-order valence-corrected chi connectivity index (χ2v) is 6.11. The van der Waals surface area contributed by atoms with Crippen LogP contribution >= 0.6 is 11.3 Å². The quantitative estimate of drug-likeness (QED) is 0.771. The molecule has 1 atom stereocenters. The molecule has 0 aliphatic carbocycles. The molecule has 0 aliphatic rings. The highest BCUT2D eigenvalue weighted by Gasteiger charge is 2.17. The number of benzene rings is 1. The van der Waals surface area contributed by atoms with Crippen LogP contribution in [0.25, 0.3) is 11.0 Å². The van der Waals surface area contributed by atoms with E-state index in [0.717, 1.165) is 24.0 Å². The summed E-state index contributed by atoms with van der Waals surface area (Å²) in [6.07, 6.45) is 4.60. The van der Waals surface area contributed by atoms with Crippen LogP contribution in [0.1, 0.15) is 35.4 Å². The maximum absolute atomic E-state index is 4.42. The van der Waals surface area contributed by atoms with Crippen LogP contribution in [0.2, 0.25) is 0 Å². The normalized spacial score (nSPS) is 12.7. The number of aromatic nitrogens is 2. The summed E-state index contributed by atoms with van der Waals surface area (Å²) < 4.78 is 0. The Kier molecular flexibility index (Phi) is 4.27. The number of hydrogen-bond acceptors (Lipinski definition) is 4. The molecule has 3 nitrogen and oxygen atoms in total. The van der Waals surface area contributed by atoms with Gasteiger partial charge in [0.25, 0.3) is 0 Å². The van der Waals surface area contributed by atoms with E-state index in [1.165, 1.54) is 16.0 Å². The van der Waals surface area contributed by atoms with E-state index in [4.69, 9.17) is 0 Å². The lowest BCUT2D eigenvalue weighted by Crippen LogP contribution is -2.23. The van der Waals surface area contributed by atoms with E-state index in [1.54, 1.807) is 12.4 Å². The standard InChI is InChI=1S/C17H19N3S/c1-3-7-20-16(17-12(2)6-10-21-17)13-4-5-14-15(11-13)19-9-8-18-14/h4-6,8-11,16,20H,3,7H2,1-2H3. The van der Waals surface area contributed by atoms with Crippen LogP contribution in [0.4, 0.5) is 0 Å². The Hall–Kier alpha value is -1.78. The monoisotopic (exact) mass is 297 g/mol. The Labute approximate surface area is 129 Å². The summed E-state index contributed by atoms with van der Waals surface area (Å²) in [6.45, 7) is 5.37. The van der Waals surface area contributed by atoms with Crippen molar-refractivity contribution >= 4 is 22.4 Å². The first-order valence-electron chi connectivity index (χ1n) is 7.27. The number of hydrogen-bond donors (Lipinski definition) is 1. The smallest absolute Gasteiger partial charge is 0.0890 e. The highest BCUT2D eigenvalue weighted by atomic mass is 32.1. The fourth-order valence-corrected chi connectivity index (χ4v) is 3.52. The molecule has 1 unspecified atom stereocenters. The van der Waals surface area contributed by atoms with Crippen LogP contribution in [0.5, 0.6) is 0 Å². The molecule has 4 heteroatoms. The summed E-state index contributed by atoms with van der Waals surface area (Å²) in [6, 6.07) is 8.78. The van der Waals surface area contributed by atoms with Crippen molar-refractivity contribution in [3.05, 3.63) is 58.0 Å². The van der Waals surface area contributed by atoms with E-state index in [1.807, 2.05) is 11.3 Å². The highest BCUT2D eigenvalue weighted by molar-refractivity contribution is 7.10. The minimum Gasteiger partial charge on any atom is -0.306 e. The van der Waals surface area contributed by atoms with Crippen LogP contribution in [0.15, 0.2) is 42.0 Å². The minimum absolute atomic E-state index is 0.233. The third kappa shape index (κ3) is 2.96. The Morgan fingerprint density at radius 3 is 2.67 bits per heavy atom. The molecule has 21 heavy (non-hydrogen) atoms. The van der Waals surface area contributed by atoms with Crippen molar-refractivity contribution in [2.75, 3.05) is 6.54 Å². The molecule has 3 rings (SSSR count). The van der Waals surface area contributed by atoms with Crippen LogP contribution in [-0.4, -0.2) is 16.5 Å². The van der Waals surface area contributed by atoms with Gasteiger partial charge in [-0.2, -0.15) is 0 Å². The molecule has 0 radical (unpaired) electrons. The summed E-state index contributed by atoms with van der Waals surface area (Å²) in [7, 11) is 0. The average molecular weight is 297 g/mol. The van der Waals surface area contributed by atoms with Crippen molar-refractivity contribution in [2.45, 2.75) is 26.3 Å². The van der Waals surface area contributed by atoms with Gasteiger partial charge in [-0.15, -0.1) is 11.3 Å². The summed E-state index contributed by atoms with van der Waals surface area (Å²) in [4.78, 5) is 10.1. The molecular weight excluding hydrogens is 278 g/mol. The van der Waals surface area contributed by atoms with E-state index in [-0.39, 0.29) is 6.04 Å². The number of aryl methyl sites for hydroxylation is 1. The SMILES string of the molecule is CCCNC(c1ccc2nccnc2c1)c1sccc1C. The van der Waals surface area contributed by atoms with Gasteiger partial charge in [-0.1, -0.05) is 13.0 Å². The molecule has 2 heterocycles. The molecule has 0 fully saturated rings. The van der Waals surface area contributed by atoms with Crippen LogP contribution in [0.3, 0.4) is 0 Å². The molecule has 0 saturated heterocycles. The first-order valence-corrected chi connectivity index (χ1v) is 8.15. The molecule has 0 saturated carbocycles. The van der Waals surface area contributed by atoms with Crippen molar-refractivity contribution in [3.63, 3.8) is 0 Å². The van der Waals surface area contributed by atoms with Gasteiger partial charge in [-0.3, -0.25) is 9.97 Å². The van der Waals surface area contributed by atoms with Gasteiger partial charge >= 0.3 is 0 Å². The van der Waals surface area contributed by atoms with E-state index < -0.39 is 0 Å². The van der Waals surface area contributed by atoms with Gasteiger partial charge in [-0.25, -0.2) is 0 Å². The Bertz CT molecular complexity index is 735. The van der Waals surface area contributed by atoms with Crippen molar-refractivity contribution in [2.24, 2.45) is 0 Å². The average Bonchev–Trinajstić information content (AvgIpc) is 2.94. The molecule has 3 aromatic rings. The zero-order valence-electron chi connectivity index (χ0n) is 12.3. The number of thiophene rings is 1. The summed E-state index contributed by atoms with van der Waals surface area (Å²) in [5, 5.41) is 5.81. The first kappa shape index (κ1) is 14.2. The second-order valence-electron chi connectivity index (χ2n) is 5.16. The largest absolute Gasteiger partial charge is 0.306 e. The first-order chi connectivity index (χ1) is 10.3. The van der Waals surface area contributed by atoms with E-state index in [2.05, 4.69) is 58.8 Å². The van der Waals surface area contributed by atoms with Crippen molar-refractivity contribution in [1.82, 2.24) is 15.3 Å². The van der Waals surface area contributed by atoms with Gasteiger partial charge in [0.15, 0.2) is 0 Å². The van der Waals surface area contributed by atoms with Gasteiger partial charge in [-0.05, 0) is 54.6 Å². The third-order valence-electron chi connectivity index (χ3n) is 3.59. The van der Waals surface area contributed by atoms with E-state index in [0.29, 0.717) is 0 Å². The molecule has 0 spiro atoms. The molecule has 1 aromatic carbocycles. The van der Waals surface area contributed by atoms with E-state index in [9.17, 15) is 0 Å². The lowest BCUT2D eigenvalue weighted by molar-refractivity contribution is 0.604. The Morgan fingerprint density at radius 2 is 1.95 bits per heavy atom. The molecule has 2 aromatic heterocycles. The zero-order valence-corrected chi connectivity index (χ0v) is 13.2.